The normalized spacial score (nSPS) is 24.5. The summed E-state index contributed by atoms with van der Waals surface area (Å²) in [6.45, 7) is 0. The minimum Gasteiger partial charge on any atom is -0.392 e. The van der Waals surface area contributed by atoms with Gasteiger partial charge in [0.2, 0.25) is 0 Å². The van der Waals surface area contributed by atoms with Crippen molar-refractivity contribution < 1.29 is 9.90 Å². The quantitative estimate of drug-likeness (QED) is 0.643. The maximum Gasteiger partial charge on any atom is 0.160 e. The first kappa shape index (κ1) is 18.4. The van der Waals surface area contributed by atoms with Crippen molar-refractivity contribution >= 4 is 17.6 Å². The van der Waals surface area contributed by atoms with E-state index in [0.29, 0.717) is 6.42 Å². The molecule has 1 heterocycles. The molecular weight excluding hydrogens is 342 g/mol. The van der Waals surface area contributed by atoms with Crippen molar-refractivity contribution in [3.63, 3.8) is 0 Å². The second-order valence-corrected chi connectivity index (χ2v) is 7.88. The van der Waals surface area contributed by atoms with Crippen molar-refractivity contribution in [2.45, 2.75) is 31.8 Å². The summed E-state index contributed by atoms with van der Waals surface area (Å²) >= 11 is 1.52. The van der Waals surface area contributed by atoms with Gasteiger partial charge in [0, 0.05) is 10.4 Å². The largest absolute Gasteiger partial charge is 0.392 e. The molecule has 2 aromatic rings. The van der Waals surface area contributed by atoms with Gasteiger partial charge >= 0.3 is 0 Å². The van der Waals surface area contributed by atoms with Gasteiger partial charge in [-0.3, -0.25) is 4.79 Å². The summed E-state index contributed by atoms with van der Waals surface area (Å²) in [5, 5.41) is 19.9. The van der Waals surface area contributed by atoms with Gasteiger partial charge in [0.05, 0.1) is 28.9 Å². The fourth-order valence-electron chi connectivity index (χ4n) is 3.64. The summed E-state index contributed by atoms with van der Waals surface area (Å²) < 4.78 is 0. The Kier molecular flexibility index (Phi) is 6.23. The Morgan fingerprint density at radius 1 is 1.23 bits per heavy atom. The number of thiophene rings is 1. The van der Waals surface area contributed by atoms with E-state index in [9.17, 15) is 15.2 Å². The van der Waals surface area contributed by atoms with Crippen LogP contribution in [0.25, 0.3) is 0 Å². The Balaban J connectivity index is 1.66. The first-order valence-electron chi connectivity index (χ1n) is 8.89. The lowest BCUT2D eigenvalue weighted by molar-refractivity contribution is 0.112. The van der Waals surface area contributed by atoms with E-state index in [0.717, 1.165) is 36.0 Å². The predicted molar refractivity (Wildman–Crippen MR) is 103 cm³/mol. The molecule has 0 radical (unpaired) electrons. The van der Waals surface area contributed by atoms with E-state index in [2.05, 4.69) is 17.9 Å². The monoisotopic (exact) mass is 363 g/mol. The molecule has 0 saturated heterocycles. The maximum absolute atomic E-state index is 10.8. The number of hydrogen-bond donors (Lipinski definition) is 1. The van der Waals surface area contributed by atoms with E-state index >= 15 is 0 Å². The summed E-state index contributed by atoms with van der Waals surface area (Å²) in [4.78, 5) is 12.7. The Hall–Kier alpha value is -2.40. The third-order valence-electron chi connectivity index (χ3n) is 4.97. The molecule has 1 fully saturated rings. The smallest absolute Gasteiger partial charge is 0.160 e. The van der Waals surface area contributed by atoms with Crippen molar-refractivity contribution in [3.05, 3.63) is 57.8 Å². The van der Waals surface area contributed by atoms with E-state index in [4.69, 9.17) is 0 Å². The summed E-state index contributed by atoms with van der Waals surface area (Å²) in [6, 6.07) is 15.9. The van der Waals surface area contributed by atoms with Crippen LogP contribution < -0.4 is 0 Å². The van der Waals surface area contributed by atoms with Gasteiger partial charge in [-0.05, 0) is 55.9 Å². The summed E-state index contributed by atoms with van der Waals surface area (Å²) in [6.07, 6.45) is 3.52. The molecule has 1 aromatic heterocycles. The standard InChI is InChI=1S/C22H21NO2S/c23-14-17-13-22(25)21(12-9-16-5-2-1-3-6-16)20(17)8-4-7-18-10-11-19(15-24)26-18/h1-3,5-6,10-11,15,17,20-22,25H,4,7-8,13H2/t17-,20-,21+,22+/m0/s1. The second-order valence-electron chi connectivity index (χ2n) is 6.68. The molecule has 1 saturated carbocycles. The summed E-state index contributed by atoms with van der Waals surface area (Å²) in [5.41, 5.74) is 0.929. The van der Waals surface area contributed by atoms with E-state index in [1.807, 2.05) is 42.5 Å². The van der Waals surface area contributed by atoms with Crippen LogP contribution in [0.15, 0.2) is 42.5 Å². The average molecular weight is 363 g/mol. The molecule has 1 aliphatic carbocycles. The highest BCUT2D eigenvalue weighted by atomic mass is 32.1. The Labute approximate surface area is 158 Å². The van der Waals surface area contributed by atoms with E-state index < -0.39 is 6.10 Å². The molecule has 1 N–H and O–H groups in total. The van der Waals surface area contributed by atoms with Crippen LogP contribution in [0.4, 0.5) is 0 Å². The lowest BCUT2D eigenvalue weighted by atomic mass is 9.85. The molecule has 3 nitrogen and oxygen atoms in total. The zero-order chi connectivity index (χ0) is 18.4. The van der Waals surface area contributed by atoms with Gasteiger partial charge in [-0.25, -0.2) is 0 Å². The lowest BCUT2D eigenvalue weighted by Gasteiger charge is -2.18. The number of benzene rings is 1. The number of aldehydes is 1. The third-order valence-corrected chi connectivity index (χ3v) is 6.04. The summed E-state index contributed by atoms with van der Waals surface area (Å²) in [5.74, 6) is 6.17. The highest BCUT2D eigenvalue weighted by Crippen LogP contribution is 2.40. The van der Waals surface area contributed by atoms with Gasteiger partial charge in [0.25, 0.3) is 0 Å². The first-order chi connectivity index (χ1) is 12.7. The van der Waals surface area contributed by atoms with Crippen LogP contribution >= 0.6 is 11.3 Å². The van der Waals surface area contributed by atoms with Crippen molar-refractivity contribution in [1.82, 2.24) is 0 Å². The predicted octanol–water partition coefficient (Wildman–Crippen LogP) is 4.07. The molecule has 4 heteroatoms. The van der Waals surface area contributed by atoms with E-state index in [1.165, 1.54) is 16.2 Å². The number of carbonyl (C=O) groups is 1. The van der Waals surface area contributed by atoms with Crippen LogP contribution in [0, 0.1) is 40.9 Å². The molecular formula is C22H21NO2S. The number of hydrogen-bond acceptors (Lipinski definition) is 4. The van der Waals surface area contributed by atoms with E-state index in [1.54, 1.807) is 0 Å². The molecule has 0 spiro atoms. The minimum absolute atomic E-state index is 0.0942. The van der Waals surface area contributed by atoms with Gasteiger partial charge in [-0.1, -0.05) is 30.0 Å². The fourth-order valence-corrected chi connectivity index (χ4v) is 4.51. The van der Waals surface area contributed by atoms with Crippen LogP contribution in [0.5, 0.6) is 0 Å². The number of aryl methyl sites for hydroxylation is 1. The van der Waals surface area contributed by atoms with Crippen molar-refractivity contribution in [2.75, 3.05) is 0 Å². The number of aliphatic hydroxyl groups excluding tert-OH is 1. The number of nitriles is 1. The van der Waals surface area contributed by atoms with Crippen LogP contribution in [0.2, 0.25) is 0 Å². The molecule has 26 heavy (non-hydrogen) atoms. The molecule has 132 valence electrons. The first-order valence-corrected chi connectivity index (χ1v) is 9.71. The van der Waals surface area contributed by atoms with Gasteiger partial charge in [0.1, 0.15) is 0 Å². The zero-order valence-electron chi connectivity index (χ0n) is 14.5. The van der Waals surface area contributed by atoms with Gasteiger partial charge in [0.15, 0.2) is 6.29 Å². The van der Waals surface area contributed by atoms with Crippen LogP contribution in [0.1, 0.15) is 39.4 Å². The van der Waals surface area contributed by atoms with Gasteiger partial charge < -0.3 is 5.11 Å². The molecule has 1 aliphatic rings. The molecule has 0 unspecified atom stereocenters. The third kappa shape index (κ3) is 4.41. The molecule has 4 atom stereocenters. The van der Waals surface area contributed by atoms with E-state index in [-0.39, 0.29) is 17.8 Å². The lowest BCUT2D eigenvalue weighted by Crippen LogP contribution is -2.19. The highest BCUT2D eigenvalue weighted by molar-refractivity contribution is 7.13. The van der Waals surface area contributed by atoms with Crippen molar-refractivity contribution in [2.24, 2.45) is 17.8 Å². The topological polar surface area (TPSA) is 61.1 Å². The van der Waals surface area contributed by atoms with Crippen LogP contribution in [-0.4, -0.2) is 17.5 Å². The Morgan fingerprint density at radius 3 is 2.73 bits per heavy atom. The number of aliphatic hydroxyl groups is 1. The molecule has 0 aliphatic heterocycles. The molecule has 0 bridgehead atoms. The van der Waals surface area contributed by atoms with Gasteiger partial charge in [-0.2, -0.15) is 5.26 Å². The molecule has 1 aromatic carbocycles. The Morgan fingerprint density at radius 2 is 2.04 bits per heavy atom. The minimum atomic E-state index is -0.538. The maximum atomic E-state index is 10.8. The zero-order valence-corrected chi connectivity index (χ0v) is 15.3. The van der Waals surface area contributed by atoms with Crippen molar-refractivity contribution in [3.8, 4) is 17.9 Å². The summed E-state index contributed by atoms with van der Waals surface area (Å²) in [7, 11) is 0. The van der Waals surface area contributed by atoms with Gasteiger partial charge in [-0.15, -0.1) is 11.3 Å². The molecule has 0 amide bonds. The number of carbonyl (C=O) groups excluding carboxylic acids is 1. The SMILES string of the molecule is N#C[C@@H]1C[C@@H](O)[C@H](C#Cc2ccccc2)[C@H]1CCCc1ccc(C=O)s1. The average Bonchev–Trinajstić information content (AvgIpc) is 3.25. The highest BCUT2D eigenvalue weighted by Gasteiger charge is 2.41. The second kappa shape index (κ2) is 8.81. The molecule has 3 rings (SSSR count). The fraction of sp³-hybridized carbons (Fsp3) is 0.364. The number of nitrogens with zero attached hydrogens (tertiary/aromatic N) is 1. The van der Waals surface area contributed by atoms with Crippen LogP contribution in [0.3, 0.4) is 0 Å². The van der Waals surface area contributed by atoms with Crippen molar-refractivity contribution in [1.29, 1.82) is 5.26 Å². The van der Waals surface area contributed by atoms with Crippen LogP contribution in [-0.2, 0) is 6.42 Å². The number of rotatable bonds is 5. The Bertz CT molecular complexity index is 840.